The van der Waals surface area contributed by atoms with Crippen LogP contribution in [0.25, 0.3) is 0 Å². The third-order valence-corrected chi connectivity index (χ3v) is 6.24. The second kappa shape index (κ2) is 8.41. The summed E-state index contributed by atoms with van der Waals surface area (Å²) in [7, 11) is -3.12. The largest absolute Gasteiger partial charge is 0.355 e. The lowest BCUT2D eigenvalue weighted by Gasteiger charge is -2.34. The van der Waals surface area contributed by atoms with Crippen molar-refractivity contribution in [1.29, 1.82) is 0 Å². The van der Waals surface area contributed by atoms with Crippen molar-refractivity contribution in [3.05, 3.63) is 0 Å². The number of piperidine rings is 1. The van der Waals surface area contributed by atoms with Crippen LogP contribution in [-0.4, -0.2) is 93.6 Å². The highest BCUT2D eigenvalue weighted by molar-refractivity contribution is 7.88. The van der Waals surface area contributed by atoms with Crippen LogP contribution in [0.5, 0.6) is 0 Å². The number of rotatable bonds is 6. The van der Waals surface area contributed by atoms with Gasteiger partial charge in [-0.1, -0.05) is 6.92 Å². The van der Waals surface area contributed by atoms with Crippen LogP contribution in [0, 0.1) is 5.92 Å². The van der Waals surface area contributed by atoms with E-state index in [0.29, 0.717) is 32.5 Å². The summed E-state index contributed by atoms with van der Waals surface area (Å²) in [5, 5.41) is 3.02. The molecule has 7 nitrogen and oxygen atoms in total. The van der Waals surface area contributed by atoms with Gasteiger partial charge in [-0.05, 0) is 19.4 Å². The Balaban J connectivity index is 1.63. The van der Waals surface area contributed by atoms with Gasteiger partial charge in [0.2, 0.25) is 15.9 Å². The van der Waals surface area contributed by atoms with E-state index in [9.17, 15) is 13.2 Å². The first-order valence-corrected chi connectivity index (χ1v) is 10.4. The van der Waals surface area contributed by atoms with Crippen molar-refractivity contribution in [3.8, 4) is 0 Å². The van der Waals surface area contributed by atoms with E-state index >= 15 is 0 Å². The fraction of sp³-hybridized carbons (Fsp3) is 0.933. The minimum Gasteiger partial charge on any atom is -0.355 e. The average Bonchev–Trinajstić information content (AvgIpc) is 2.54. The molecule has 0 aromatic heterocycles. The fourth-order valence-electron chi connectivity index (χ4n) is 3.26. The minimum absolute atomic E-state index is 0.0510. The number of nitrogens with zero attached hydrogens (tertiary/aromatic N) is 3. The maximum Gasteiger partial charge on any atom is 0.223 e. The third-order valence-electron chi connectivity index (χ3n) is 4.93. The number of carbonyl (C=O) groups excluding carboxylic acids is 1. The van der Waals surface area contributed by atoms with Gasteiger partial charge >= 0.3 is 0 Å². The number of hydrogen-bond acceptors (Lipinski definition) is 5. The molecule has 1 N–H and O–H groups in total. The lowest BCUT2D eigenvalue weighted by molar-refractivity contribution is -0.126. The summed E-state index contributed by atoms with van der Waals surface area (Å²) < 4.78 is 24.4. The number of likely N-dealkylation sites (N-methyl/N-ethyl adjacent to an activating group) is 1. The molecule has 23 heavy (non-hydrogen) atoms. The summed E-state index contributed by atoms with van der Waals surface area (Å²) in [5.41, 5.74) is 0. The average molecular weight is 346 g/mol. The van der Waals surface area contributed by atoms with E-state index in [4.69, 9.17) is 0 Å². The Labute approximate surface area is 140 Å². The van der Waals surface area contributed by atoms with Crippen LogP contribution in [0.1, 0.15) is 19.8 Å². The van der Waals surface area contributed by atoms with E-state index in [1.165, 1.54) is 10.6 Å². The van der Waals surface area contributed by atoms with E-state index in [-0.39, 0.29) is 11.8 Å². The second-order valence-electron chi connectivity index (χ2n) is 6.50. The highest BCUT2D eigenvalue weighted by atomic mass is 32.2. The molecule has 0 saturated carbocycles. The number of hydrogen-bond donors (Lipinski definition) is 1. The molecule has 0 radical (unpaired) electrons. The van der Waals surface area contributed by atoms with Crippen LogP contribution in [0.2, 0.25) is 0 Å². The summed E-state index contributed by atoms with van der Waals surface area (Å²) in [6.07, 6.45) is 2.47. The van der Waals surface area contributed by atoms with Crippen LogP contribution >= 0.6 is 0 Å². The summed E-state index contributed by atoms with van der Waals surface area (Å²) in [5.74, 6) is 0.0234. The van der Waals surface area contributed by atoms with E-state index in [1.54, 1.807) is 0 Å². The van der Waals surface area contributed by atoms with E-state index in [0.717, 1.165) is 39.3 Å². The van der Waals surface area contributed by atoms with Crippen LogP contribution in [-0.2, 0) is 14.8 Å². The van der Waals surface area contributed by atoms with Gasteiger partial charge in [0.05, 0.1) is 6.26 Å². The van der Waals surface area contributed by atoms with Crippen molar-refractivity contribution in [1.82, 2.24) is 19.4 Å². The van der Waals surface area contributed by atoms with Crippen LogP contribution in [0.4, 0.5) is 0 Å². The monoisotopic (exact) mass is 346 g/mol. The molecule has 0 unspecified atom stereocenters. The number of piperazine rings is 1. The normalized spacial score (nSPS) is 23.0. The molecule has 0 aliphatic carbocycles. The molecular formula is C15H30N4O3S. The van der Waals surface area contributed by atoms with Gasteiger partial charge in [0.1, 0.15) is 0 Å². The highest BCUT2D eigenvalue weighted by Gasteiger charge is 2.28. The van der Waals surface area contributed by atoms with Crippen LogP contribution in [0.15, 0.2) is 0 Å². The van der Waals surface area contributed by atoms with Crippen LogP contribution < -0.4 is 5.32 Å². The van der Waals surface area contributed by atoms with Gasteiger partial charge in [-0.2, -0.15) is 0 Å². The summed E-state index contributed by atoms with van der Waals surface area (Å²) in [6, 6.07) is 0. The van der Waals surface area contributed by atoms with Crippen molar-refractivity contribution in [3.63, 3.8) is 0 Å². The molecule has 2 rings (SSSR count). The molecule has 0 spiro atoms. The molecule has 0 bridgehead atoms. The van der Waals surface area contributed by atoms with Crippen molar-refractivity contribution in [2.75, 3.05) is 65.2 Å². The van der Waals surface area contributed by atoms with Gasteiger partial charge in [0, 0.05) is 58.3 Å². The molecule has 0 atom stereocenters. The van der Waals surface area contributed by atoms with Crippen molar-refractivity contribution < 1.29 is 13.2 Å². The molecule has 2 aliphatic rings. The van der Waals surface area contributed by atoms with Gasteiger partial charge in [-0.25, -0.2) is 12.7 Å². The van der Waals surface area contributed by atoms with Crippen LogP contribution in [0.3, 0.4) is 0 Å². The lowest BCUT2D eigenvalue weighted by atomic mass is 9.97. The zero-order chi connectivity index (χ0) is 16.9. The first-order chi connectivity index (χ1) is 10.9. The van der Waals surface area contributed by atoms with Crippen molar-refractivity contribution in [2.45, 2.75) is 19.8 Å². The lowest BCUT2D eigenvalue weighted by Crippen LogP contribution is -2.49. The summed E-state index contributed by atoms with van der Waals surface area (Å²) in [4.78, 5) is 17.0. The molecule has 1 amide bonds. The van der Waals surface area contributed by atoms with Gasteiger partial charge in [-0.3, -0.25) is 9.69 Å². The third kappa shape index (κ3) is 5.70. The smallest absolute Gasteiger partial charge is 0.223 e. The molecule has 2 fully saturated rings. The Morgan fingerprint density at radius 3 is 2.13 bits per heavy atom. The molecule has 0 aromatic carbocycles. The zero-order valence-electron chi connectivity index (χ0n) is 14.3. The van der Waals surface area contributed by atoms with E-state index < -0.39 is 10.0 Å². The SMILES string of the molecule is CCN1CCN(CCNC(=O)C2CCN(S(C)(=O)=O)CC2)CC1. The standard InChI is InChI=1S/C15H30N4O3S/c1-3-17-10-12-18(13-11-17)9-6-16-15(20)14-4-7-19(8-5-14)23(2,21)22/h14H,3-13H2,1-2H3,(H,16,20). The Kier molecular flexibility index (Phi) is 6.82. The van der Waals surface area contributed by atoms with Gasteiger partial charge < -0.3 is 10.2 Å². The number of sulfonamides is 1. The number of amides is 1. The number of carbonyl (C=O) groups is 1. The Morgan fingerprint density at radius 2 is 1.61 bits per heavy atom. The predicted octanol–water partition coefficient (Wildman–Crippen LogP) is -0.588. The number of nitrogens with one attached hydrogen (secondary N) is 1. The molecule has 2 aliphatic heterocycles. The fourth-order valence-corrected chi connectivity index (χ4v) is 4.13. The first kappa shape index (κ1) is 18.6. The quantitative estimate of drug-likeness (QED) is 0.696. The predicted molar refractivity (Wildman–Crippen MR) is 90.7 cm³/mol. The minimum atomic E-state index is -3.12. The zero-order valence-corrected chi connectivity index (χ0v) is 15.1. The maximum absolute atomic E-state index is 12.2. The summed E-state index contributed by atoms with van der Waals surface area (Å²) in [6.45, 7) is 10.1. The Morgan fingerprint density at radius 1 is 1.04 bits per heavy atom. The van der Waals surface area contributed by atoms with Gasteiger partial charge in [0.15, 0.2) is 0 Å². The van der Waals surface area contributed by atoms with Gasteiger partial charge in [-0.15, -0.1) is 0 Å². The van der Waals surface area contributed by atoms with E-state index in [2.05, 4.69) is 22.0 Å². The molecular weight excluding hydrogens is 316 g/mol. The Bertz CT molecular complexity index is 481. The second-order valence-corrected chi connectivity index (χ2v) is 8.49. The molecule has 0 aromatic rings. The molecule has 134 valence electrons. The Hall–Kier alpha value is -0.700. The molecule has 2 heterocycles. The van der Waals surface area contributed by atoms with Crippen molar-refractivity contribution in [2.24, 2.45) is 5.92 Å². The first-order valence-electron chi connectivity index (χ1n) is 8.57. The molecule has 8 heteroatoms. The molecule has 2 saturated heterocycles. The summed E-state index contributed by atoms with van der Waals surface area (Å²) >= 11 is 0. The topological polar surface area (TPSA) is 73.0 Å². The van der Waals surface area contributed by atoms with Crippen molar-refractivity contribution >= 4 is 15.9 Å². The maximum atomic E-state index is 12.2. The van der Waals surface area contributed by atoms with Gasteiger partial charge in [0.25, 0.3) is 0 Å². The highest BCUT2D eigenvalue weighted by Crippen LogP contribution is 2.19. The van der Waals surface area contributed by atoms with E-state index in [1.807, 2.05) is 0 Å².